The highest BCUT2D eigenvalue weighted by Crippen LogP contribution is 2.36. The molecule has 0 spiro atoms. The first kappa shape index (κ1) is 33.4. The summed E-state index contributed by atoms with van der Waals surface area (Å²) >= 11 is 0. The summed E-state index contributed by atoms with van der Waals surface area (Å²) in [7, 11) is 0. The summed E-state index contributed by atoms with van der Waals surface area (Å²) in [6.07, 6.45) is -9.36. The Labute approximate surface area is 252 Å². The zero-order valence-corrected chi connectivity index (χ0v) is 23.8. The maximum Gasteiger partial charge on any atom is 0.331 e. The van der Waals surface area contributed by atoms with E-state index in [0.717, 1.165) is 6.08 Å². The minimum atomic E-state index is -1.55. The average Bonchev–Trinajstić information content (AvgIpc) is 2.99. The fourth-order valence-corrected chi connectivity index (χ4v) is 5.32. The van der Waals surface area contributed by atoms with Crippen LogP contribution in [0.15, 0.2) is 42.5 Å². The van der Waals surface area contributed by atoms with Crippen LogP contribution in [0.2, 0.25) is 0 Å². The van der Waals surface area contributed by atoms with Crippen molar-refractivity contribution >= 4 is 12.0 Å². The number of benzene rings is 2. The first-order valence-electron chi connectivity index (χ1n) is 14.1. The third-order valence-electron chi connectivity index (χ3n) is 7.83. The number of phenolic OH excluding ortho intramolecular Hbond substituents is 4. The van der Waals surface area contributed by atoms with Crippen molar-refractivity contribution in [2.75, 3.05) is 13.2 Å². The van der Waals surface area contributed by atoms with Gasteiger partial charge in [0.05, 0.1) is 25.4 Å². The summed E-state index contributed by atoms with van der Waals surface area (Å²) in [6.45, 7) is 0.822. The van der Waals surface area contributed by atoms with Gasteiger partial charge in [-0.15, -0.1) is 0 Å². The van der Waals surface area contributed by atoms with Gasteiger partial charge < -0.3 is 64.9 Å². The van der Waals surface area contributed by atoms with Crippen molar-refractivity contribution in [1.82, 2.24) is 0 Å². The summed E-state index contributed by atoms with van der Waals surface area (Å²) in [5.41, 5.74) is 0.977. The number of hydrogen-bond donors (Lipinski definition) is 9. The molecule has 2 fully saturated rings. The van der Waals surface area contributed by atoms with Crippen LogP contribution in [0.25, 0.3) is 6.08 Å². The van der Waals surface area contributed by atoms with Crippen molar-refractivity contribution in [3.63, 3.8) is 0 Å². The number of phenols is 4. The molecular weight excluding hydrogens is 584 g/mol. The maximum atomic E-state index is 12.9. The molecule has 2 aromatic rings. The lowest BCUT2D eigenvalue weighted by Gasteiger charge is -2.46. The van der Waals surface area contributed by atoms with Crippen LogP contribution in [0, 0.1) is 5.92 Å². The van der Waals surface area contributed by atoms with E-state index in [2.05, 4.69) is 0 Å². The van der Waals surface area contributed by atoms with Gasteiger partial charge in [0.25, 0.3) is 0 Å². The molecule has 0 aliphatic carbocycles. The third-order valence-corrected chi connectivity index (χ3v) is 7.83. The number of hydrogen-bond acceptors (Lipinski definition) is 14. The predicted octanol–water partition coefficient (Wildman–Crippen LogP) is -0.352. The van der Waals surface area contributed by atoms with Crippen molar-refractivity contribution in [2.24, 2.45) is 5.92 Å². The molecule has 0 radical (unpaired) electrons. The molecule has 0 bridgehead atoms. The number of ether oxygens (including phenoxy) is 4. The second kappa shape index (κ2) is 14.5. The van der Waals surface area contributed by atoms with Crippen LogP contribution in [0.3, 0.4) is 0 Å². The smallest absolute Gasteiger partial charge is 0.331 e. The van der Waals surface area contributed by atoms with Gasteiger partial charge >= 0.3 is 5.97 Å². The number of aromatic hydroxyl groups is 4. The van der Waals surface area contributed by atoms with Crippen molar-refractivity contribution in [3.05, 3.63) is 53.6 Å². The van der Waals surface area contributed by atoms with Crippen molar-refractivity contribution < 1.29 is 69.7 Å². The normalized spacial score (nSPS) is 32.5. The van der Waals surface area contributed by atoms with Crippen LogP contribution < -0.4 is 0 Å². The van der Waals surface area contributed by atoms with Crippen LogP contribution in [0.1, 0.15) is 24.5 Å². The van der Waals surface area contributed by atoms with Crippen molar-refractivity contribution in [1.29, 1.82) is 0 Å². The largest absolute Gasteiger partial charge is 0.504 e. The summed E-state index contributed by atoms with van der Waals surface area (Å²) in [5.74, 6) is -3.31. The highest BCUT2D eigenvalue weighted by Gasteiger charge is 2.51. The van der Waals surface area contributed by atoms with E-state index < -0.39 is 79.4 Å². The molecule has 2 aromatic carbocycles. The second-order valence-electron chi connectivity index (χ2n) is 10.9. The SMILES string of the molecule is CC1O[C@@H](CC2C(O)[C@H](OCCc3ccc(O)c(O)c3)OC(CO)[C@@H]2OC(=O)/C=C/c2ccc(O)c(O)c2)C(O)C(O)[C@H]1O. The summed E-state index contributed by atoms with van der Waals surface area (Å²) in [6, 6.07) is 8.12. The molecule has 0 amide bonds. The quantitative estimate of drug-likeness (QED) is 0.0936. The summed E-state index contributed by atoms with van der Waals surface area (Å²) in [5, 5.41) is 91.0. The second-order valence-corrected chi connectivity index (χ2v) is 10.9. The topological polar surface area (TPSA) is 236 Å². The molecule has 2 heterocycles. The molecule has 2 aliphatic rings. The minimum absolute atomic E-state index is 0.0199. The zero-order chi connectivity index (χ0) is 32.1. The van der Waals surface area contributed by atoms with E-state index >= 15 is 0 Å². The number of rotatable bonds is 10. The van der Waals surface area contributed by atoms with E-state index in [1.807, 2.05) is 0 Å². The van der Waals surface area contributed by atoms with Gasteiger partial charge in [-0.3, -0.25) is 0 Å². The van der Waals surface area contributed by atoms with Crippen molar-refractivity contribution in [2.45, 2.75) is 74.9 Å². The molecule has 0 aromatic heterocycles. The number of esters is 1. The van der Waals surface area contributed by atoms with Crippen LogP contribution in [-0.4, -0.2) is 120 Å². The highest BCUT2D eigenvalue weighted by molar-refractivity contribution is 5.87. The van der Waals surface area contributed by atoms with Crippen LogP contribution in [-0.2, 0) is 30.2 Å². The first-order valence-corrected chi connectivity index (χ1v) is 14.1. The average molecular weight is 623 g/mol. The molecule has 44 heavy (non-hydrogen) atoms. The Morgan fingerprint density at radius 1 is 0.841 bits per heavy atom. The van der Waals surface area contributed by atoms with Gasteiger partial charge in [0.2, 0.25) is 0 Å². The third kappa shape index (κ3) is 7.78. The van der Waals surface area contributed by atoms with E-state index in [1.165, 1.54) is 43.3 Å². The summed E-state index contributed by atoms with van der Waals surface area (Å²) in [4.78, 5) is 12.9. The molecule has 2 aliphatic heterocycles. The first-order chi connectivity index (χ1) is 20.9. The Hall–Kier alpha value is -3.47. The lowest BCUT2D eigenvalue weighted by molar-refractivity contribution is -0.299. The van der Waals surface area contributed by atoms with Crippen LogP contribution in [0.5, 0.6) is 23.0 Å². The van der Waals surface area contributed by atoms with Crippen molar-refractivity contribution in [3.8, 4) is 23.0 Å². The Kier molecular flexibility index (Phi) is 11.0. The standard InChI is InChI=1S/C30H38O14/c1-14-25(37)28(40)27(39)22(42-14)12-17-26(38)30(41-9-8-16-3-6-19(33)21(35)11-16)43-23(13-31)29(17)44-24(36)7-4-15-2-5-18(32)20(34)10-15/h2-7,10-11,14,17,22-23,25-35,37-40H,8-9,12-13H2,1H3/b7-4+/t14?,17?,22-,23?,25-,26?,27?,28?,29+,30+/m0/s1. The van der Waals surface area contributed by atoms with Gasteiger partial charge in [0, 0.05) is 12.0 Å². The van der Waals surface area contributed by atoms with Gasteiger partial charge in [-0.05, 0) is 61.2 Å². The molecule has 14 nitrogen and oxygen atoms in total. The van der Waals surface area contributed by atoms with E-state index in [-0.39, 0.29) is 36.7 Å². The fourth-order valence-electron chi connectivity index (χ4n) is 5.32. The number of carbonyl (C=O) groups is 1. The lowest BCUT2D eigenvalue weighted by atomic mass is 9.81. The van der Waals surface area contributed by atoms with Gasteiger partial charge in [-0.2, -0.15) is 0 Å². The lowest BCUT2D eigenvalue weighted by Crippen LogP contribution is -2.61. The molecule has 4 rings (SSSR count). The Balaban J connectivity index is 1.52. The Morgan fingerprint density at radius 3 is 2.18 bits per heavy atom. The number of carbonyl (C=O) groups excluding carboxylic acids is 1. The van der Waals surface area contributed by atoms with Gasteiger partial charge in [0.1, 0.15) is 36.6 Å². The monoisotopic (exact) mass is 622 g/mol. The van der Waals surface area contributed by atoms with Crippen LogP contribution >= 0.6 is 0 Å². The van der Waals surface area contributed by atoms with E-state index in [9.17, 15) is 50.8 Å². The van der Waals surface area contributed by atoms with E-state index in [4.69, 9.17) is 18.9 Å². The van der Waals surface area contributed by atoms with E-state index in [0.29, 0.717) is 11.1 Å². The van der Waals surface area contributed by atoms with Gasteiger partial charge in [-0.1, -0.05) is 12.1 Å². The number of aliphatic hydroxyl groups excluding tert-OH is 5. The van der Waals surface area contributed by atoms with Gasteiger partial charge in [0.15, 0.2) is 29.3 Å². The fraction of sp³-hybridized carbons (Fsp3) is 0.500. The predicted molar refractivity (Wildman–Crippen MR) is 150 cm³/mol. The van der Waals surface area contributed by atoms with Gasteiger partial charge in [-0.25, -0.2) is 4.79 Å². The molecular formula is C30H38O14. The molecule has 2 saturated heterocycles. The molecule has 6 unspecified atom stereocenters. The summed E-state index contributed by atoms with van der Waals surface area (Å²) < 4.78 is 22.9. The molecule has 242 valence electrons. The maximum absolute atomic E-state index is 12.9. The highest BCUT2D eigenvalue weighted by atomic mass is 16.7. The Morgan fingerprint density at radius 2 is 1.52 bits per heavy atom. The van der Waals surface area contributed by atoms with Crippen LogP contribution in [0.4, 0.5) is 0 Å². The molecule has 0 saturated carbocycles. The number of aliphatic hydroxyl groups is 5. The van der Waals surface area contributed by atoms with E-state index in [1.54, 1.807) is 6.07 Å². The Bertz CT molecular complexity index is 1300. The zero-order valence-electron chi connectivity index (χ0n) is 23.8. The molecule has 9 N–H and O–H groups in total. The minimum Gasteiger partial charge on any atom is -0.504 e. The molecule has 10 atom stereocenters. The molecule has 14 heteroatoms.